The molecule has 2 heteroatoms. The Labute approximate surface area is 99.6 Å². The summed E-state index contributed by atoms with van der Waals surface area (Å²) in [5.41, 5.74) is 3.81. The summed E-state index contributed by atoms with van der Waals surface area (Å²) in [6.07, 6.45) is 6.93. The molecule has 17 heavy (non-hydrogen) atoms. The molecule has 0 atom stereocenters. The Bertz CT molecular complexity index is 577. The Morgan fingerprint density at radius 3 is 2.82 bits per heavy atom. The van der Waals surface area contributed by atoms with Crippen LogP contribution < -0.4 is 0 Å². The van der Waals surface area contributed by atoms with E-state index in [-0.39, 0.29) is 5.78 Å². The fourth-order valence-corrected chi connectivity index (χ4v) is 2.21. The van der Waals surface area contributed by atoms with Crippen LogP contribution in [0.25, 0.3) is 6.08 Å². The van der Waals surface area contributed by atoms with Gasteiger partial charge in [-0.2, -0.15) is 0 Å². The van der Waals surface area contributed by atoms with Gasteiger partial charge in [0.05, 0.1) is 12.5 Å². The third-order valence-corrected chi connectivity index (χ3v) is 3.10. The normalized spacial score (nSPS) is 17.2. The smallest absolute Gasteiger partial charge is 0.189 e. The standard InChI is InChI=1S/C15H12O2/c16-15-13(9-11-7-8-17-10-11)6-5-12-3-1-2-4-14(12)15/h1-4,7-10H,5-6H2. The van der Waals surface area contributed by atoms with Gasteiger partial charge in [-0.3, -0.25) is 4.79 Å². The van der Waals surface area contributed by atoms with Crippen LogP contribution in [-0.4, -0.2) is 5.78 Å². The molecule has 0 radical (unpaired) electrons. The van der Waals surface area contributed by atoms with Gasteiger partial charge in [-0.1, -0.05) is 24.3 Å². The summed E-state index contributed by atoms with van der Waals surface area (Å²) >= 11 is 0. The molecule has 1 aliphatic rings. The van der Waals surface area contributed by atoms with E-state index in [1.807, 2.05) is 36.4 Å². The van der Waals surface area contributed by atoms with E-state index < -0.39 is 0 Å². The Balaban J connectivity index is 2.00. The first-order valence-electron chi connectivity index (χ1n) is 5.70. The topological polar surface area (TPSA) is 30.2 Å². The third-order valence-electron chi connectivity index (χ3n) is 3.10. The van der Waals surface area contributed by atoms with Crippen LogP contribution >= 0.6 is 0 Å². The number of Topliss-reactive ketones (excluding diaryl/α,β-unsaturated/α-hetero) is 1. The summed E-state index contributed by atoms with van der Waals surface area (Å²) in [6.45, 7) is 0. The van der Waals surface area contributed by atoms with Gasteiger partial charge in [0.15, 0.2) is 5.78 Å². The molecule has 0 saturated carbocycles. The summed E-state index contributed by atoms with van der Waals surface area (Å²) in [6, 6.07) is 9.69. The molecular weight excluding hydrogens is 212 g/mol. The molecule has 1 aromatic heterocycles. The molecule has 0 spiro atoms. The summed E-state index contributed by atoms with van der Waals surface area (Å²) < 4.78 is 5.00. The van der Waals surface area contributed by atoms with Crippen molar-refractivity contribution < 1.29 is 9.21 Å². The van der Waals surface area contributed by atoms with Crippen molar-refractivity contribution in [3.8, 4) is 0 Å². The van der Waals surface area contributed by atoms with Gasteiger partial charge in [0.1, 0.15) is 0 Å². The zero-order valence-corrected chi connectivity index (χ0v) is 9.35. The number of furan rings is 1. The Morgan fingerprint density at radius 1 is 1.12 bits per heavy atom. The highest BCUT2D eigenvalue weighted by Gasteiger charge is 2.20. The van der Waals surface area contributed by atoms with Crippen LogP contribution in [0.15, 0.2) is 52.8 Å². The number of hydrogen-bond acceptors (Lipinski definition) is 2. The van der Waals surface area contributed by atoms with Gasteiger partial charge in [0, 0.05) is 16.7 Å². The number of ketones is 1. The molecule has 0 saturated heterocycles. The molecule has 1 aromatic carbocycles. The number of hydrogen-bond donors (Lipinski definition) is 0. The molecule has 0 bridgehead atoms. The van der Waals surface area contributed by atoms with E-state index in [0.717, 1.165) is 35.1 Å². The second-order valence-corrected chi connectivity index (χ2v) is 4.21. The van der Waals surface area contributed by atoms with Gasteiger partial charge in [0.25, 0.3) is 0 Å². The molecule has 1 heterocycles. The first kappa shape index (κ1) is 10.1. The van der Waals surface area contributed by atoms with E-state index in [0.29, 0.717) is 0 Å². The van der Waals surface area contributed by atoms with Crippen molar-refractivity contribution in [1.29, 1.82) is 0 Å². The summed E-state index contributed by atoms with van der Waals surface area (Å²) in [4.78, 5) is 12.2. The number of carbonyl (C=O) groups is 1. The Hall–Kier alpha value is -2.09. The molecular formula is C15H12O2. The Kier molecular flexibility index (Phi) is 2.41. The monoisotopic (exact) mass is 224 g/mol. The molecule has 2 nitrogen and oxygen atoms in total. The maximum atomic E-state index is 12.2. The van der Waals surface area contributed by atoms with Crippen LogP contribution in [-0.2, 0) is 6.42 Å². The molecule has 84 valence electrons. The highest BCUT2D eigenvalue weighted by molar-refractivity contribution is 6.13. The van der Waals surface area contributed by atoms with E-state index >= 15 is 0 Å². The van der Waals surface area contributed by atoms with Gasteiger partial charge in [0.2, 0.25) is 0 Å². The average molecular weight is 224 g/mol. The molecule has 2 aromatic rings. The summed E-state index contributed by atoms with van der Waals surface area (Å²) in [5, 5.41) is 0. The summed E-state index contributed by atoms with van der Waals surface area (Å²) in [7, 11) is 0. The van der Waals surface area contributed by atoms with E-state index in [4.69, 9.17) is 4.42 Å². The van der Waals surface area contributed by atoms with Gasteiger partial charge in [-0.05, 0) is 30.5 Å². The fraction of sp³-hybridized carbons (Fsp3) is 0.133. The minimum Gasteiger partial charge on any atom is -0.472 e. The van der Waals surface area contributed by atoms with Crippen molar-refractivity contribution in [2.24, 2.45) is 0 Å². The van der Waals surface area contributed by atoms with E-state index in [9.17, 15) is 4.79 Å². The van der Waals surface area contributed by atoms with Crippen LogP contribution in [0.2, 0.25) is 0 Å². The molecule has 0 N–H and O–H groups in total. The number of aryl methyl sites for hydroxylation is 1. The van der Waals surface area contributed by atoms with E-state index in [2.05, 4.69) is 0 Å². The van der Waals surface area contributed by atoms with Crippen LogP contribution in [0.5, 0.6) is 0 Å². The lowest BCUT2D eigenvalue weighted by atomic mass is 9.86. The van der Waals surface area contributed by atoms with Crippen LogP contribution in [0.3, 0.4) is 0 Å². The lowest BCUT2D eigenvalue weighted by Gasteiger charge is -2.16. The van der Waals surface area contributed by atoms with Gasteiger partial charge in [-0.25, -0.2) is 0 Å². The van der Waals surface area contributed by atoms with Crippen LogP contribution in [0.4, 0.5) is 0 Å². The average Bonchev–Trinajstić information content (AvgIpc) is 2.86. The Morgan fingerprint density at radius 2 is 2.00 bits per heavy atom. The third kappa shape index (κ3) is 1.82. The number of allylic oxidation sites excluding steroid dienone is 1. The van der Waals surface area contributed by atoms with Gasteiger partial charge in [-0.15, -0.1) is 0 Å². The zero-order valence-electron chi connectivity index (χ0n) is 9.35. The molecule has 0 unspecified atom stereocenters. The fourth-order valence-electron chi connectivity index (χ4n) is 2.21. The number of benzene rings is 1. The highest BCUT2D eigenvalue weighted by atomic mass is 16.3. The van der Waals surface area contributed by atoms with E-state index in [1.165, 1.54) is 0 Å². The molecule has 3 rings (SSSR count). The SMILES string of the molecule is O=C1C(=Cc2ccoc2)CCc2ccccc21. The lowest BCUT2D eigenvalue weighted by molar-refractivity contribution is 0.102. The van der Waals surface area contributed by atoms with Crippen molar-refractivity contribution in [2.75, 3.05) is 0 Å². The number of rotatable bonds is 1. The minimum absolute atomic E-state index is 0.146. The maximum Gasteiger partial charge on any atom is 0.189 e. The van der Waals surface area contributed by atoms with Crippen LogP contribution in [0.1, 0.15) is 27.9 Å². The van der Waals surface area contributed by atoms with Crippen molar-refractivity contribution >= 4 is 11.9 Å². The van der Waals surface area contributed by atoms with Crippen LogP contribution in [0, 0.1) is 0 Å². The molecule has 0 amide bonds. The molecule has 0 aliphatic heterocycles. The second-order valence-electron chi connectivity index (χ2n) is 4.21. The van der Waals surface area contributed by atoms with Crippen molar-refractivity contribution in [1.82, 2.24) is 0 Å². The van der Waals surface area contributed by atoms with Crippen molar-refractivity contribution in [2.45, 2.75) is 12.8 Å². The van der Waals surface area contributed by atoms with Crippen molar-refractivity contribution in [3.05, 3.63) is 65.1 Å². The molecule has 0 fully saturated rings. The van der Waals surface area contributed by atoms with Crippen molar-refractivity contribution in [3.63, 3.8) is 0 Å². The first-order valence-corrected chi connectivity index (χ1v) is 5.70. The lowest BCUT2D eigenvalue weighted by Crippen LogP contribution is -2.13. The van der Waals surface area contributed by atoms with Gasteiger partial charge < -0.3 is 4.42 Å². The summed E-state index contributed by atoms with van der Waals surface area (Å²) in [5.74, 6) is 0.146. The second kappa shape index (κ2) is 4.06. The first-order chi connectivity index (χ1) is 8.34. The quantitative estimate of drug-likeness (QED) is 0.694. The zero-order chi connectivity index (χ0) is 11.7. The minimum atomic E-state index is 0.146. The highest BCUT2D eigenvalue weighted by Crippen LogP contribution is 2.26. The maximum absolute atomic E-state index is 12.2. The van der Waals surface area contributed by atoms with Gasteiger partial charge >= 0.3 is 0 Å². The molecule has 1 aliphatic carbocycles. The largest absolute Gasteiger partial charge is 0.472 e. The van der Waals surface area contributed by atoms with E-state index in [1.54, 1.807) is 12.5 Å². The number of fused-ring (bicyclic) bond motifs is 1. The predicted octanol–water partition coefficient (Wildman–Crippen LogP) is 3.49. The predicted molar refractivity (Wildman–Crippen MR) is 65.8 cm³/mol. The number of carbonyl (C=O) groups excluding carboxylic acids is 1.